The first-order chi connectivity index (χ1) is 7.42. The Balaban J connectivity index is 2.56. The molecular weight excluding hydrogens is 244 g/mol. The number of thiophene rings is 1. The maximum atomic E-state index is 11.9. The number of anilines is 1. The summed E-state index contributed by atoms with van der Waals surface area (Å²) in [6.45, 7) is 6.14. The average molecular weight is 262 g/mol. The molecule has 0 aliphatic carbocycles. The van der Waals surface area contributed by atoms with Crippen molar-refractivity contribution in [1.82, 2.24) is 5.32 Å². The molecule has 1 aromatic rings. The molecule has 0 aliphatic rings. The second-order valence-electron chi connectivity index (χ2n) is 4.03. The highest BCUT2D eigenvalue weighted by molar-refractivity contribution is 7.93. The van der Waals surface area contributed by atoms with Gasteiger partial charge in [-0.25, -0.2) is 8.42 Å². The van der Waals surface area contributed by atoms with Gasteiger partial charge in [-0.15, -0.1) is 0 Å². The van der Waals surface area contributed by atoms with E-state index < -0.39 is 15.3 Å². The molecule has 0 radical (unpaired) electrons. The van der Waals surface area contributed by atoms with Gasteiger partial charge in [0.15, 0.2) is 0 Å². The molecule has 0 spiro atoms. The van der Waals surface area contributed by atoms with Gasteiger partial charge in [0.05, 0.1) is 10.9 Å². The highest BCUT2D eigenvalue weighted by Crippen LogP contribution is 2.15. The topological polar surface area (TPSA) is 58.2 Å². The number of nitrogens with one attached hydrogen (secondary N) is 2. The minimum absolute atomic E-state index is 0.291. The molecule has 1 atom stereocenters. The van der Waals surface area contributed by atoms with E-state index in [9.17, 15) is 8.42 Å². The number of rotatable bonds is 6. The summed E-state index contributed by atoms with van der Waals surface area (Å²) in [6, 6.07) is 2.05. The van der Waals surface area contributed by atoms with Crippen LogP contribution >= 0.6 is 11.3 Å². The summed E-state index contributed by atoms with van der Waals surface area (Å²) in [4.78, 5) is 0. The van der Waals surface area contributed by atoms with E-state index in [1.807, 2.05) is 19.2 Å². The van der Waals surface area contributed by atoms with Crippen LogP contribution in [0, 0.1) is 0 Å². The summed E-state index contributed by atoms with van der Waals surface area (Å²) < 4.78 is 26.3. The van der Waals surface area contributed by atoms with E-state index in [-0.39, 0.29) is 0 Å². The molecule has 0 fully saturated rings. The highest BCUT2D eigenvalue weighted by Gasteiger charge is 2.20. The van der Waals surface area contributed by atoms with Crippen molar-refractivity contribution in [3.8, 4) is 0 Å². The highest BCUT2D eigenvalue weighted by atomic mass is 32.2. The Bertz CT molecular complexity index is 398. The number of sulfonamides is 1. The van der Waals surface area contributed by atoms with Crippen LogP contribution in [0.1, 0.15) is 20.8 Å². The summed E-state index contributed by atoms with van der Waals surface area (Å²) in [7, 11) is -3.28. The van der Waals surface area contributed by atoms with Gasteiger partial charge in [-0.1, -0.05) is 13.8 Å². The second kappa shape index (κ2) is 5.65. The predicted molar refractivity (Wildman–Crippen MR) is 69.5 cm³/mol. The van der Waals surface area contributed by atoms with Gasteiger partial charge in [0, 0.05) is 18.0 Å². The van der Waals surface area contributed by atoms with Crippen LogP contribution in [0.3, 0.4) is 0 Å². The fourth-order valence-electron chi connectivity index (χ4n) is 1.10. The van der Waals surface area contributed by atoms with Crippen molar-refractivity contribution >= 4 is 27.0 Å². The van der Waals surface area contributed by atoms with Gasteiger partial charge in [0.25, 0.3) is 0 Å². The van der Waals surface area contributed by atoms with Crippen LogP contribution in [0.15, 0.2) is 16.8 Å². The third-order valence-electron chi connectivity index (χ3n) is 2.12. The molecule has 2 N–H and O–H groups in total. The lowest BCUT2D eigenvalue weighted by Gasteiger charge is -2.16. The Morgan fingerprint density at radius 2 is 2.06 bits per heavy atom. The van der Waals surface area contributed by atoms with E-state index in [1.165, 1.54) is 11.3 Å². The molecule has 0 amide bonds. The zero-order valence-electron chi connectivity index (χ0n) is 9.73. The maximum absolute atomic E-state index is 11.9. The standard InChI is InChI=1S/C10H18N2O2S2/c1-8(2)11-6-9(3)16(13,14)12-10-4-5-15-7-10/h4-5,7-9,11-12H,6H2,1-3H3. The largest absolute Gasteiger partial charge is 0.313 e. The molecule has 0 bridgehead atoms. The van der Waals surface area contributed by atoms with Crippen LogP contribution in [0.5, 0.6) is 0 Å². The summed E-state index contributed by atoms with van der Waals surface area (Å²) in [6.07, 6.45) is 0. The third-order valence-corrected chi connectivity index (χ3v) is 4.55. The minimum atomic E-state index is -3.28. The normalized spacial score (nSPS) is 14.0. The molecule has 1 aromatic heterocycles. The Morgan fingerprint density at radius 1 is 1.38 bits per heavy atom. The van der Waals surface area contributed by atoms with Gasteiger partial charge in [-0.3, -0.25) is 4.72 Å². The van der Waals surface area contributed by atoms with Gasteiger partial charge in [0.2, 0.25) is 10.0 Å². The molecule has 1 rings (SSSR count). The van der Waals surface area contributed by atoms with Gasteiger partial charge < -0.3 is 5.32 Å². The summed E-state index contributed by atoms with van der Waals surface area (Å²) in [5.74, 6) is 0. The first kappa shape index (κ1) is 13.5. The Kier molecular flexibility index (Phi) is 4.76. The van der Waals surface area contributed by atoms with Crippen molar-refractivity contribution < 1.29 is 8.42 Å². The monoisotopic (exact) mass is 262 g/mol. The lowest BCUT2D eigenvalue weighted by atomic mass is 10.3. The van der Waals surface area contributed by atoms with Crippen LogP contribution in [0.25, 0.3) is 0 Å². The van der Waals surface area contributed by atoms with Crippen LogP contribution < -0.4 is 10.0 Å². The fourth-order valence-corrected chi connectivity index (χ4v) is 2.73. The van der Waals surface area contributed by atoms with E-state index in [0.29, 0.717) is 18.3 Å². The molecule has 6 heteroatoms. The smallest absolute Gasteiger partial charge is 0.236 e. The van der Waals surface area contributed by atoms with Gasteiger partial charge >= 0.3 is 0 Å². The molecule has 0 saturated heterocycles. The maximum Gasteiger partial charge on any atom is 0.236 e. The average Bonchev–Trinajstić information content (AvgIpc) is 2.65. The molecule has 1 unspecified atom stereocenters. The van der Waals surface area contributed by atoms with E-state index in [1.54, 1.807) is 18.4 Å². The van der Waals surface area contributed by atoms with Gasteiger partial charge in [-0.05, 0) is 18.4 Å². The second-order valence-corrected chi connectivity index (χ2v) is 6.91. The minimum Gasteiger partial charge on any atom is -0.313 e. The van der Waals surface area contributed by atoms with E-state index in [2.05, 4.69) is 10.0 Å². The molecule has 0 aliphatic heterocycles. The molecule has 0 aromatic carbocycles. The van der Waals surface area contributed by atoms with Crippen molar-refractivity contribution in [1.29, 1.82) is 0 Å². The van der Waals surface area contributed by atoms with Crippen molar-refractivity contribution in [2.24, 2.45) is 0 Å². The first-order valence-corrected chi connectivity index (χ1v) is 7.68. The van der Waals surface area contributed by atoms with Crippen molar-refractivity contribution in [3.05, 3.63) is 16.8 Å². The van der Waals surface area contributed by atoms with Crippen LogP contribution in [0.2, 0.25) is 0 Å². The molecular formula is C10H18N2O2S2. The number of hydrogen-bond acceptors (Lipinski definition) is 4. The van der Waals surface area contributed by atoms with Crippen molar-refractivity contribution in [2.75, 3.05) is 11.3 Å². The zero-order chi connectivity index (χ0) is 12.2. The zero-order valence-corrected chi connectivity index (χ0v) is 11.4. The summed E-state index contributed by atoms with van der Waals surface area (Å²) in [5.41, 5.74) is 0.640. The van der Waals surface area contributed by atoms with Crippen LogP contribution in [-0.2, 0) is 10.0 Å². The SMILES string of the molecule is CC(C)NCC(C)S(=O)(=O)Nc1ccsc1. The van der Waals surface area contributed by atoms with E-state index in [0.717, 1.165) is 0 Å². The third kappa shape index (κ3) is 4.11. The first-order valence-electron chi connectivity index (χ1n) is 5.19. The van der Waals surface area contributed by atoms with Gasteiger partial charge in [-0.2, -0.15) is 11.3 Å². The molecule has 4 nitrogen and oxygen atoms in total. The fraction of sp³-hybridized carbons (Fsp3) is 0.600. The van der Waals surface area contributed by atoms with Gasteiger partial charge in [0.1, 0.15) is 0 Å². The number of hydrogen-bond donors (Lipinski definition) is 2. The van der Waals surface area contributed by atoms with Crippen molar-refractivity contribution in [2.45, 2.75) is 32.1 Å². The Morgan fingerprint density at radius 3 is 2.56 bits per heavy atom. The summed E-state index contributed by atoms with van der Waals surface area (Å²) >= 11 is 1.47. The molecule has 92 valence electrons. The van der Waals surface area contributed by atoms with Crippen molar-refractivity contribution in [3.63, 3.8) is 0 Å². The molecule has 16 heavy (non-hydrogen) atoms. The predicted octanol–water partition coefficient (Wildman–Crippen LogP) is 1.88. The molecule has 0 saturated carbocycles. The van der Waals surface area contributed by atoms with Crippen LogP contribution in [0.4, 0.5) is 5.69 Å². The lowest BCUT2D eigenvalue weighted by molar-refractivity contribution is 0.553. The Hall–Kier alpha value is -0.590. The van der Waals surface area contributed by atoms with E-state index in [4.69, 9.17) is 0 Å². The Labute approximate surface area is 101 Å². The summed E-state index contributed by atoms with van der Waals surface area (Å²) in [5, 5.41) is 6.29. The van der Waals surface area contributed by atoms with Crippen LogP contribution in [-0.4, -0.2) is 26.3 Å². The lowest BCUT2D eigenvalue weighted by Crippen LogP contribution is -2.37. The van der Waals surface area contributed by atoms with E-state index >= 15 is 0 Å². The quantitative estimate of drug-likeness (QED) is 0.823. The molecule has 1 heterocycles.